The average Bonchev–Trinajstić information content (AvgIpc) is 2.98. The maximum atomic E-state index is 11.9. The zero-order valence-electron chi connectivity index (χ0n) is 11.8. The smallest absolute Gasteiger partial charge is 0.335 e. The number of halogens is 1. The third kappa shape index (κ3) is 4.54. The Morgan fingerprint density at radius 1 is 1.29 bits per heavy atom. The number of likely N-dealkylation sites (tertiary alicyclic amines) is 1. The van der Waals surface area contributed by atoms with E-state index in [0.717, 1.165) is 36.0 Å². The van der Waals surface area contributed by atoms with Gasteiger partial charge < -0.3 is 15.3 Å². The van der Waals surface area contributed by atoms with Gasteiger partial charge in [-0.2, -0.15) is 0 Å². The molecule has 6 heteroatoms. The second-order valence-corrected chi connectivity index (χ2v) is 5.98. The molecule has 0 aromatic heterocycles. The number of hydrogen-bond donors (Lipinski definition) is 2. The molecule has 1 fully saturated rings. The van der Waals surface area contributed by atoms with Crippen molar-refractivity contribution in [3.05, 3.63) is 33.8 Å². The van der Waals surface area contributed by atoms with Gasteiger partial charge in [-0.15, -0.1) is 0 Å². The molecule has 5 nitrogen and oxygen atoms in total. The number of rotatable bonds is 6. The molecule has 0 radical (unpaired) electrons. The molecule has 0 aliphatic carbocycles. The quantitative estimate of drug-likeness (QED) is 0.768. The van der Waals surface area contributed by atoms with Crippen molar-refractivity contribution in [1.82, 2.24) is 10.2 Å². The number of benzene rings is 1. The summed E-state index contributed by atoms with van der Waals surface area (Å²) in [6.07, 6.45) is 2.73. The fraction of sp³-hybridized carbons (Fsp3) is 0.467. The highest BCUT2D eigenvalue weighted by molar-refractivity contribution is 9.10. The Morgan fingerprint density at radius 3 is 2.62 bits per heavy atom. The van der Waals surface area contributed by atoms with Gasteiger partial charge in [0.1, 0.15) is 0 Å². The zero-order valence-corrected chi connectivity index (χ0v) is 13.4. The van der Waals surface area contributed by atoms with E-state index in [1.807, 2.05) is 4.90 Å². The molecule has 21 heavy (non-hydrogen) atoms. The Morgan fingerprint density at radius 2 is 2.00 bits per heavy atom. The summed E-state index contributed by atoms with van der Waals surface area (Å²) < 4.78 is 0.765. The SMILES string of the molecule is O=C(O)c1ccc(CNCCC(=O)N2CCCC2)c(Br)c1. The monoisotopic (exact) mass is 354 g/mol. The summed E-state index contributed by atoms with van der Waals surface area (Å²) in [5.41, 5.74) is 1.24. The summed E-state index contributed by atoms with van der Waals surface area (Å²) in [5.74, 6) is -0.730. The molecular weight excluding hydrogens is 336 g/mol. The maximum Gasteiger partial charge on any atom is 0.335 e. The van der Waals surface area contributed by atoms with Crippen LogP contribution in [0.25, 0.3) is 0 Å². The first-order valence-electron chi connectivity index (χ1n) is 7.08. The van der Waals surface area contributed by atoms with Crippen molar-refractivity contribution in [3.8, 4) is 0 Å². The van der Waals surface area contributed by atoms with E-state index < -0.39 is 5.97 Å². The van der Waals surface area contributed by atoms with Crippen molar-refractivity contribution < 1.29 is 14.7 Å². The number of hydrogen-bond acceptors (Lipinski definition) is 3. The molecule has 0 saturated carbocycles. The number of nitrogens with zero attached hydrogens (tertiary/aromatic N) is 1. The Balaban J connectivity index is 1.75. The fourth-order valence-corrected chi connectivity index (χ4v) is 2.89. The number of carboxylic acid groups (broad SMARTS) is 1. The summed E-state index contributed by atoms with van der Waals surface area (Å²) in [7, 11) is 0. The first kappa shape index (κ1) is 16.0. The number of nitrogens with one attached hydrogen (secondary N) is 1. The van der Waals surface area contributed by atoms with Gasteiger partial charge in [0.15, 0.2) is 0 Å². The van der Waals surface area contributed by atoms with Gasteiger partial charge in [0, 0.05) is 37.1 Å². The number of aromatic carboxylic acids is 1. The molecule has 2 rings (SSSR count). The standard InChI is InChI=1S/C15H19BrN2O3/c16-13-9-11(15(20)21)3-4-12(13)10-17-6-5-14(19)18-7-1-2-8-18/h3-4,9,17H,1-2,5-8,10H2,(H,20,21). The van der Waals surface area contributed by atoms with Gasteiger partial charge in [0.25, 0.3) is 0 Å². The Kier molecular flexibility index (Phi) is 5.76. The first-order valence-corrected chi connectivity index (χ1v) is 7.87. The summed E-state index contributed by atoms with van der Waals surface area (Å²) >= 11 is 3.37. The van der Waals surface area contributed by atoms with E-state index in [0.29, 0.717) is 19.5 Å². The molecule has 1 amide bonds. The van der Waals surface area contributed by atoms with E-state index in [9.17, 15) is 9.59 Å². The van der Waals surface area contributed by atoms with Crippen LogP contribution < -0.4 is 5.32 Å². The maximum absolute atomic E-state index is 11.9. The Hall–Kier alpha value is -1.40. The number of amides is 1. The minimum Gasteiger partial charge on any atom is -0.478 e. The first-order chi connectivity index (χ1) is 10.1. The minimum atomic E-state index is -0.939. The molecule has 114 valence electrons. The topological polar surface area (TPSA) is 69.6 Å². The lowest BCUT2D eigenvalue weighted by Gasteiger charge is -2.15. The summed E-state index contributed by atoms with van der Waals surface area (Å²) in [4.78, 5) is 24.6. The van der Waals surface area contributed by atoms with Crippen LogP contribution in [0.3, 0.4) is 0 Å². The van der Waals surface area contributed by atoms with E-state index in [-0.39, 0.29) is 11.5 Å². The van der Waals surface area contributed by atoms with Crippen molar-refractivity contribution >= 4 is 27.8 Å². The van der Waals surface area contributed by atoms with Crippen LogP contribution in [0.4, 0.5) is 0 Å². The lowest BCUT2D eigenvalue weighted by atomic mass is 10.1. The van der Waals surface area contributed by atoms with Crippen LogP contribution in [0.5, 0.6) is 0 Å². The minimum absolute atomic E-state index is 0.209. The Bertz CT molecular complexity index is 528. The molecule has 1 aliphatic heterocycles. The molecule has 0 bridgehead atoms. The van der Waals surface area contributed by atoms with Crippen LogP contribution in [-0.4, -0.2) is 41.5 Å². The molecule has 0 unspecified atom stereocenters. The summed E-state index contributed by atoms with van der Waals surface area (Å²) in [6.45, 7) is 3.01. The predicted octanol–water partition coefficient (Wildman–Crippen LogP) is 2.25. The number of carboxylic acids is 1. The molecule has 1 aromatic rings. The van der Waals surface area contributed by atoms with Crippen molar-refractivity contribution in [3.63, 3.8) is 0 Å². The number of carbonyl (C=O) groups is 2. The van der Waals surface area contributed by atoms with Crippen molar-refractivity contribution in [1.29, 1.82) is 0 Å². The van der Waals surface area contributed by atoms with Gasteiger partial charge in [-0.3, -0.25) is 4.79 Å². The molecular formula is C15H19BrN2O3. The highest BCUT2D eigenvalue weighted by Gasteiger charge is 2.16. The highest BCUT2D eigenvalue weighted by atomic mass is 79.9. The van der Waals surface area contributed by atoms with E-state index in [4.69, 9.17) is 5.11 Å². The predicted molar refractivity (Wildman–Crippen MR) is 83.2 cm³/mol. The summed E-state index contributed by atoms with van der Waals surface area (Å²) in [6, 6.07) is 4.96. The van der Waals surface area contributed by atoms with Gasteiger partial charge >= 0.3 is 5.97 Å². The van der Waals surface area contributed by atoms with Crippen LogP contribution in [-0.2, 0) is 11.3 Å². The fourth-order valence-electron chi connectivity index (χ4n) is 2.37. The second-order valence-electron chi connectivity index (χ2n) is 5.13. The van der Waals surface area contributed by atoms with Gasteiger partial charge in [-0.05, 0) is 30.5 Å². The van der Waals surface area contributed by atoms with Gasteiger partial charge in [0.2, 0.25) is 5.91 Å². The summed E-state index contributed by atoms with van der Waals surface area (Å²) in [5, 5.41) is 12.1. The lowest BCUT2D eigenvalue weighted by molar-refractivity contribution is -0.130. The molecule has 1 aliphatic rings. The van der Waals surface area contributed by atoms with Gasteiger partial charge in [0.05, 0.1) is 5.56 Å². The van der Waals surface area contributed by atoms with Gasteiger partial charge in [-0.1, -0.05) is 22.0 Å². The molecule has 0 atom stereocenters. The van der Waals surface area contributed by atoms with Crippen LogP contribution in [0, 0.1) is 0 Å². The molecule has 1 aromatic carbocycles. The highest BCUT2D eigenvalue weighted by Crippen LogP contribution is 2.18. The Labute approximate surface area is 132 Å². The zero-order chi connectivity index (χ0) is 15.2. The van der Waals surface area contributed by atoms with Crippen molar-refractivity contribution in [2.24, 2.45) is 0 Å². The van der Waals surface area contributed by atoms with Crippen LogP contribution in [0.1, 0.15) is 35.2 Å². The van der Waals surface area contributed by atoms with Crippen LogP contribution >= 0.6 is 15.9 Å². The largest absolute Gasteiger partial charge is 0.478 e. The molecule has 1 heterocycles. The van der Waals surface area contributed by atoms with E-state index in [1.165, 1.54) is 0 Å². The van der Waals surface area contributed by atoms with Gasteiger partial charge in [-0.25, -0.2) is 4.79 Å². The molecule has 1 saturated heterocycles. The lowest BCUT2D eigenvalue weighted by Crippen LogP contribution is -2.30. The van der Waals surface area contributed by atoms with Crippen LogP contribution in [0.15, 0.2) is 22.7 Å². The van der Waals surface area contributed by atoms with Crippen molar-refractivity contribution in [2.45, 2.75) is 25.8 Å². The average molecular weight is 355 g/mol. The molecule has 2 N–H and O–H groups in total. The van der Waals surface area contributed by atoms with E-state index >= 15 is 0 Å². The van der Waals surface area contributed by atoms with E-state index in [2.05, 4.69) is 21.2 Å². The second kappa shape index (κ2) is 7.56. The molecule has 0 spiro atoms. The van der Waals surface area contributed by atoms with E-state index in [1.54, 1.807) is 18.2 Å². The third-order valence-electron chi connectivity index (χ3n) is 3.59. The third-order valence-corrected chi connectivity index (χ3v) is 4.33. The van der Waals surface area contributed by atoms with Crippen LogP contribution in [0.2, 0.25) is 0 Å². The number of carbonyl (C=O) groups excluding carboxylic acids is 1. The van der Waals surface area contributed by atoms with Crippen molar-refractivity contribution in [2.75, 3.05) is 19.6 Å². The normalized spacial score (nSPS) is 14.4.